The smallest absolute Gasteiger partial charge is 0.0707 e. The molecular weight excluding hydrogens is 164 g/mol. The monoisotopic (exact) mass is 186 g/mol. The van der Waals surface area contributed by atoms with E-state index in [4.69, 9.17) is 10.5 Å². The lowest BCUT2D eigenvalue weighted by molar-refractivity contribution is 0.0319. The Morgan fingerprint density at radius 3 is 2.62 bits per heavy atom. The highest BCUT2D eigenvalue weighted by molar-refractivity contribution is 4.76. The van der Waals surface area contributed by atoms with Crippen LogP contribution in [0.2, 0.25) is 0 Å². The first-order valence-electron chi connectivity index (χ1n) is 5.30. The fourth-order valence-corrected chi connectivity index (χ4v) is 1.91. The minimum atomic E-state index is 0.319. The van der Waals surface area contributed by atoms with Crippen LogP contribution in [-0.2, 0) is 4.74 Å². The van der Waals surface area contributed by atoms with Gasteiger partial charge in [-0.25, -0.2) is 0 Å². The van der Waals surface area contributed by atoms with Crippen LogP contribution in [0, 0.1) is 0 Å². The zero-order valence-corrected chi connectivity index (χ0v) is 8.83. The van der Waals surface area contributed by atoms with Crippen LogP contribution in [0.4, 0.5) is 0 Å². The van der Waals surface area contributed by atoms with Gasteiger partial charge >= 0.3 is 0 Å². The van der Waals surface area contributed by atoms with Crippen LogP contribution in [0.1, 0.15) is 26.2 Å². The molecule has 13 heavy (non-hydrogen) atoms. The Labute approximate surface area is 81.2 Å². The Balaban J connectivity index is 2.16. The molecule has 1 aliphatic heterocycles. The number of hydrogen-bond acceptors (Lipinski definition) is 3. The van der Waals surface area contributed by atoms with Crippen molar-refractivity contribution >= 4 is 0 Å². The maximum atomic E-state index is 5.76. The minimum absolute atomic E-state index is 0.319. The van der Waals surface area contributed by atoms with Gasteiger partial charge in [0.1, 0.15) is 0 Å². The molecule has 3 heteroatoms. The van der Waals surface area contributed by atoms with Crippen molar-refractivity contribution in [1.82, 2.24) is 4.90 Å². The Hall–Kier alpha value is -0.120. The zero-order valence-electron chi connectivity index (χ0n) is 8.83. The Morgan fingerprint density at radius 1 is 1.38 bits per heavy atom. The van der Waals surface area contributed by atoms with E-state index < -0.39 is 0 Å². The third-order valence-corrected chi connectivity index (χ3v) is 2.58. The van der Waals surface area contributed by atoms with Gasteiger partial charge in [0.2, 0.25) is 0 Å². The number of nitrogens with zero attached hydrogens (tertiary/aromatic N) is 1. The van der Waals surface area contributed by atoms with E-state index in [1.807, 2.05) is 0 Å². The predicted molar refractivity (Wildman–Crippen MR) is 54.7 cm³/mol. The molecule has 3 nitrogen and oxygen atoms in total. The molecule has 2 N–H and O–H groups in total. The Morgan fingerprint density at radius 2 is 2.08 bits per heavy atom. The molecule has 0 unspecified atom stereocenters. The molecule has 2 atom stereocenters. The van der Waals surface area contributed by atoms with Crippen LogP contribution in [0.5, 0.6) is 0 Å². The van der Waals surface area contributed by atoms with Gasteiger partial charge in [-0.05, 0) is 32.9 Å². The summed E-state index contributed by atoms with van der Waals surface area (Å²) in [6.45, 7) is 5.10. The van der Waals surface area contributed by atoms with Gasteiger partial charge in [-0.15, -0.1) is 0 Å². The van der Waals surface area contributed by atoms with Gasteiger partial charge in [0.05, 0.1) is 12.2 Å². The summed E-state index contributed by atoms with van der Waals surface area (Å²) in [5, 5.41) is 0. The first-order chi connectivity index (χ1) is 6.26. The van der Waals surface area contributed by atoms with E-state index in [1.54, 1.807) is 0 Å². The molecule has 0 aromatic rings. The Kier molecular flexibility index (Phi) is 4.70. The zero-order chi connectivity index (χ0) is 9.68. The van der Waals surface area contributed by atoms with Crippen molar-refractivity contribution in [2.75, 3.05) is 26.7 Å². The maximum Gasteiger partial charge on any atom is 0.0707 e. The summed E-state index contributed by atoms with van der Waals surface area (Å²) < 4.78 is 5.76. The highest BCUT2D eigenvalue weighted by Gasteiger charge is 2.24. The molecule has 0 spiro atoms. The van der Waals surface area contributed by atoms with Gasteiger partial charge in [0, 0.05) is 13.1 Å². The predicted octanol–water partition coefficient (Wildman–Crippen LogP) is 0.835. The largest absolute Gasteiger partial charge is 0.372 e. The standard InChI is InChI=1S/C10H22N2O/c1-3-6-12(2)8-10-5-4-9(7-11)13-10/h9-10H,3-8,11H2,1-2H3/t9-,10+/m1/s1. The van der Waals surface area contributed by atoms with Crippen LogP contribution in [0.15, 0.2) is 0 Å². The summed E-state index contributed by atoms with van der Waals surface area (Å²) in [5.74, 6) is 0. The number of likely N-dealkylation sites (N-methyl/N-ethyl adjacent to an activating group) is 1. The van der Waals surface area contributed by atoms with Crippen molar-refractivity contribution in [3.63, 3.8) is 0 Å². The normalized spacial score (nSPS) is 28.6. The van der Waals surface area contributed by atoms with Crippen LogP contribution in [-0.4, -0.2) is 43.8 Å². The van der Waals surface area contributed by atoms with Crippen LogP contribution < -0.4 is 5.73 Å². The molecule has 0 bridgehead atoms. The lowest BCUT2D eigenvalue weighted by atomic mass is 10.2. The lowest BCUT2D eigenvalue weighted by Crippen LogP contribution is -2.31. The van der Waals surface area contributed by atoms with Crippen molar-refractivity contribution in [3.8, 4) is 0 Å². The van der Waals surface area contributed by atoms with Crippen LogP contribution in [0.3, 0.4) is 0 Å². The third kappa shape index (κ3) is 3.63. The fraction of sp³-hybridized carbons (Fsp3) is 1.00. The molecule has 1 saturated heterocycles. The van der Waals surface area contributed by atoms with E-state index >= 15 is 0 Å². The molecule has 0 radical (unpaired) electrons. The molecule has 0 aromatic carbocycles. The molecule has 0 aliphatic carbocycles. The number of ether oxygens (including phenoxy) is 1. The second-order valence-electron chi connectivity index (χ2n) is 3.96. The molecule has 78 valence electrons. The number of rotatable bonds is 5. The molecule has 1 aliphatic rings. The third-order valence-electron chi connectivity index (χ3n) is 2.58. The van der Waals surface area contributed by atoms with Gasteiger partial charge < -0.3 is 15.4 Å². The summed E-state index contributed by atoms with van der Waals surface area (Å²) in [7, 11) is 2.16. The molecular formula is C10H22N2O. The van der Waals surface area contributed by atoms with E-state index in [1.165, 1.54) is 12.8 Å². The second kappa shape index (κ2) is 5.58. The summed E-state index contributed by atoms with van der Waals surface area (Å²) in [4.78, 5) is 2.34. The van der Waals surface area contributed by atoms with Crippen molar-refractivity contribution in [2.24, 2.45) is 5.73 Å². The van der Waals surface area contributed by atoms with E-state index in [9.17, 15) is 0 Å². The summed E-state index contributed by atoms with van der Waals surface area (Å²) in [5.41, 5.74) is 5.55. The molecule has 1 rings (SSSR count). The minimum Gasteiger partial charge on any atom is -0.372 e. The Bertz CT molecular complexity index is 141. The van der Waals surface area contributed by atoms with E-state index in [-0.39, 0.29) is 0 Å². The van der Waals surface area contributed by atoms with Gasteiger partial charge in [-0.1, -0.05) is 6.92 Å². The van der Waals surface area contributed by atoms with Gasteiger partial charge in [-0.3, -0.25) is 0 Å². The van der Waals surface area contributed by atoms with Crippen LogP contribution >= 0.6 is 0 Å². The molecule has 1 heterocycles. The molecule has 0 amide bonds. The fourth-order valence-electron chi connectivity index (χ4n) is 1.91. The lowest BCUT2D eigenvalue weighted by Gasteiger charge is -2.20. The topological polar surface area (TPSA) is 38.5 Å². The SMILES string of the molecule is CCCN(C)C[C@@H]1CC[C@H](CN)O1. The van der Waals surface area contributed by atoms with E-state index in [0.717, 1.165) is 19.5 Å². The average Bonchev–Trinajstić information content (AvgIpc) is 2.52. The van der Waals surface area contributed by atoms with E-state index in [0.29, 0.717) is 18.8 Å². The van der Waals surface area contributed by atoms with Crippen molar-refractivity contribution in [3.05, 3.63) is 0 Å². The first kappa shape index (κ1) is 11.0. The highest BCUT2D eigenvalue weighted by Crippen LogP contribution is 2.19. The quantitative estimate of drug-likeness (QED) is 0.691. The first-order valence-corrected chi connectivity index (χ1v) is 5.30. The average molecular weight is 186 g/mol. The molecule has 0 saturated carbocycles. The van der Waals surface area contributed by atoms with Crippen LogP contribution in [0.25, 0.3) is 0 Å². The van der Waals surface area contributed by atoms with E-state index in [2.05, 4.69) is 18.9 Å². The summed E-state index contributed by atoms with van der Waals surface area (Å²) in [6, 6.07) is 0. The molecule has 0 aromatic heterocycles. The van der Waals surface area contributed by atoms with Crippen molar-refractivity contribution in [2.45, 2.75) is 38.4 Å². The van der Waals surface area contributed by atoms with Gasteiger partial charge in [0.15, 0.2) is 0 Å². The van der Waals surface area contributed by atoms with Crippen molar-refractivity contribution < 1.29 is 4.74 Å². The highest BCUT2D eigenvalue weighted by atomic mass is 16.5. The molecule has 1 fully saturated rings. The van der Waals surface area contributed by atoms with Gasteiger partial charge in [0.25, 0.3) is 0 Å². The second-order valence-corrected chi connectivity index (χ2v) is 3.96. The number of nitrogens with two attached hydrogens (primary N) is 1. The summed E-state index contributed by atoms with van der Waals surface area (Å²) in [6.07, 6.45) is 4.27. The van der Waals surface area contributed by atoms with Crippen molar-refractivity contribution in [1.29, 1.82) is 0 Å². The maximum absolute atomic E-state index is 5.76. The summed E-state index contributed by atoms with van der Waals surface area (Å²) >= 11 is 0. The van der Waals surface area contributed by atoms with Gasteiger partial charge in [-0.2, -0.15) is 0 Å². The number of hydrogen-bond donors (Lipinski definition) is 1.